The van der Waals surface area contributed by atoms with E-state index in [2.05, 4.69) is 63.7 Å². The van der Waals surface area contributed by atoms with Gasteiger partial charge in [0.2, 0.25) is 0 Å². The molecule has 3 aliphatic rings. The van der Waals surface area contributed by atoms with Crippen LogP contribution in [0.4, 0.5) is 0 Å². The van der Waals surface area contributed by atoms with Gasteiger partial charge < -0.3 is 14.4 Å². The molecule has 0 spiro atoms. The molecule has 1 aromatic rings. The van der Waals surface area contributed by atoms with Gasteiger partial charge in [-0.25, -0.2) is 0 Å². The van der Waals surface area contributed by atoms with Gasteiger partial charge in [0.1, 0.15) is 0 Å². The Morgan fingerprint density at radius 3 is 1.96 bits per heavy atom. The van der Waals surface area contributed by atoms with Crippen LogP contribution >= 0.6 is 11.8 Å². The van der Waals surface area contributed by atoms with Gasteiger partial charge in [-0.1, -0.05) is 24.3 Å². The van der Waals surface area contributed by atoms with E-state index in [1.54, 1.807) is 0 Å². The van der Waals surface area contributed by atoms with Crippen molar-refractivity contribution in [1.82, 2.24) is 0 Å². The number of rotatable bonds is 2. The smallest absolute Gasteiger partial charge is 0.399 e. The van der Waals surface area contributed by atoms with Crippen molar-refractivity contribution in [3.8, 4) is 0 Å². The summed E-state index contributed by atoms with van der Waals surface area (Å²) in [4.78, 5) is 0. The van der Waals surface area contributed by atoms with Crippen LogP contribution in [0.15, 0.2) is 24.3 Å². The topological polar surface area (TPSA) is 38.7 Å². The molecule has 2 unspecified atom stereocenters. The van der Waals surface area contributed by atoms with Gasteiger partial charge in [0, 0.05) is 10.5 Å². The molecule has 130 valence electrons. The summed E-state index contributed by atoms with van der Waals surface area (Å²) in [5.74, 6) is 0. The van der Waals surface area contributed by atoms with Gasteiger partial charge in [-0.05, 0) is 64.4 Å². The Morgan fingerprint density at radius 2 is 1.46 bits per heavy atom. The molecule has 24 heavy (non-hydrogen) atoms. The summed E-state index contributed by atoms with van der Waals surface area (Å²) in [7, 11) is -0.336. The summed E-state index contributed by atoms with van der Waals surface area (Å²) < 4.78 is 12.2. The van der Waals surface area contributed by atoms with Crippen LogP contribution in [0.1, 0.15) is 58.9 Å². The maximum Gasteiger partial charge on any atom is 0.494 e. The number of hydrogen-bond acceptors (Lipinski definition) is 4. The van der Waals surface area contributed by atoms with Crippen molar-refractivity contribution in [3.05, 3.63) is 29.8 Å². The lowest BCUT2D eigenvalue weighted by Gasteiger charge is -2.36. The molecule has 3 aliphatic heterocycles. The molecule has 3 fully saturated rings. The first-order valence-electron chi connectivity index (χ1n) is 9.02. The molecule has 0 aromatic heterocycles. The van der Waals surface area contributed by atoms with Crippen LogP contribution in [-0.4, -0.2) is 33.9 Å². The van der Waals surface area contributed by atoms with Gasteiger partial charge in [-0.3, -0.25) is 0 Å². The van der Waals surface area contributed by atoms with Crippen LogP contribution in [0.5, 0.6) is 0 Å². The first-order chi connectivity index (χ1) is 11.2. The quantitative estimate of drug-likeness (QED) is 0.835. The average molecular weight is 346 g/mol. The normalized spacial score (nSPS) is 37.0. The molecule has 0 amide bonds. The fraction of sp³-hybridized carbons (Fsp3) is 0.684. The third kappa shape index (κ3) is 2.74. The highest BCUT2D eigenvalue weighted by atomic mass is 32.2. The molecular weight excluding hydrogens is 319 g/mol. The number of thioether (sulfide) groups is 1. The molecule has 3 heterocycles. The van der Waals surface area contributed by atoms with Crippen LogP contribution in [0.25, 0.3) is 0 Å². The Labute approximate surface area is 149 Å². The minimum Gasteiger partial charge on any atom is -0.399 e. The molecule has 0 aliphatic carbocycles. The maximum atomic E-state index is 11.2. The Balaban J connectivity index is 1.54. The van der Waals surface area contributed by atoms with E-state index in [0.717, 1.165) is 23.9 Å². The third-order valence-corrected chi connectivity index (χ3v) is 7.87. The van der Waals surface area contributed by atoms with Gasteiger partial charge >= 0.3 is 7.12 Å². The lowest BCUT2D eigenvalue weighted by atomic mass is 9.77. The van der Waals surface area contributed by atoms with E-state index in [1.807, 2.05) is 0 Å². The van der Waals surface area contributed by atoms with Crippen LogP contribution in [0.2, 0.25) is 0 Å². The first kappa shape index (κ1) is 17.0. The first-order valence-corrected chi connectivity index (χ1v) is 9.97. The number of hydrogen-bond donors (Lipinski definition) is 1. The fourth-order valence-electron chi connectivity index (χ4n) is 4.08. The summed E-state index contributed by atoms with van der Waals surface area (Å²) in [5, 5.41) is 12.4. The molecule has 4 rings (SSSR count). The molecule has 1 aromatic carbocycles. The SMILES string of the molecule is CC1(C)OB(c2ccc(C3(O)CC4CCC(C3)S4)cc2)OC1(C)C. The van der Waals surface area contributed by atoms with E-state index in [-0.39, 0.29) is 18.3 Å². The van der Waals surface area contributed by atoms with Crippen molar-refractivity contribution in [2.24, 2.45) is 0 Å². The van der Waals surface area contributed by atoms with Crippen LogP contribution in [0.3, 0.4) is 0 Å². The minimum absolute atomic E-state index is 0.325. The molecule has 2 atom stereocenters. The van der Waals surface area contributed by atoms with Crippen molar-refractivity contribution >= 4 is 24.3 Å². The molecule has 0 radical (unpaired) electrons. The number of aliphatic hydroxyl groups is 1. The zero-order chi connectivity index (χ0) is 17.2. The van der Waals surface area contributed by atoms with E-state index in [9.17, 15) is 5.11 Å². The summed E-state index contributed by atoms with van der Waals surface area (Å²) >= 11 is 2.07. The molecule has 2 bridgehead atoms. The predicted octanol–water partition coefficient (Wildman–Crippen LogP) is 3.23. The summed E-state index contributed by atoms with van der Waals surface area (Å²) in [6, 6.07) is 8.24. The van der Waals surface area contributed by atoms with Gasteiger partial charge in [0.25, 0.3) is 0 Å². The minimum atomic E-state index is -0.661. The largest absolute Gasteiger partial charge is 0.494 e. The molecular formula is C19H27BO3S. The second-order valence-corrected chi connectivity index (χ2v) is 10.2. The van der Waals surface area contributed by atoms with Crippen molar-refractivity contribution < 1.29 is 14.4 Å². The lowest BCUT2D eigenvalue weighted by molar-refractivity contribution is 0.00578. The van der Waals surface area contributed by atoms with Crippen LogP contribution < -0.4 is 5.46 Å². The highest BCUT2D eigenvalue weighted by molar-refractivity contribution is 8.00. The van der Waals surface area contributed by atoms with E-state index in [4.69, 9.17) is 9.31 Å². The van der Waals surface area contributed by atoms with E-state index >= 15 is 0 Å². The van der Waals surface area contributed by atoms with E-state index < -0.39 is 5.60 Å². The molecule has 0 saturated carbocycles. The van der Waals surface area contributed by atoms with Gasteiger partial charge in [0.05, 0.1) is 16.8 Å². The van der Waals surface area contributed by atoms with Crippen molar-refractivity contribution in [2.45, 2.75) is 80.7 Å². The molecule has 1 N–H and O–H groups in total. The lowest BCUT2D eigenvalue weighted by Crippen LogP contribution is -2.41. The van der Waals surface area contributed by atoms with E-state index in [1.165, 1.54) is 12.8 Å². The van der Waals surface area contributed by atoms with Crippen LogP contribution in [0, 0.1) is 0 Å². The maximum absolute atomic E-state index is 11.2. The summed E-state index contributed by atoms with van der Waals surface area (Å²) in [6.07, 6.45) is 4.27. The third-order valence-electron chi connectivity index (χ3n) is 6.30. The summed E-state index contributed by atoms with van der Waals surface area (Å²) in [6.45, 7) is 8.28. The Kier molecular flexibility index (Phi) is 3.89. The molecule has 5 heteroatoms. The second-order valence-electron chi connectivity index (χ2n) is 8.61. The van der Waals surface area contributed by atoms with Gasteiger partial charge in [0.15, 0.2) is 0 Å². The van der Waals surface area contributed by atoms with Gasteiger partial charge in [-0.2, -0.15) is 11.8 Å². The number of benzene rings is 1. The van der Waals surface area contributed by atoms with Crippen LogP contribution in [-0.2, 0) is 14.9 Å². The Morgan fingerprint density at radius 1 is 0.958 bits per heavy atom. The van der Waals surface area contributed by atoms with E-state index in [0.29, 0.717) is 10.5 Å². The van der Waals surface area contributed by atoms with Gasteiger partial charge in [-0.15, -0.1) is 0 Å². The highest BCUT2D eigenvalue weighted by Crippen LogP contribution is 2.51. The average Bonchev–Trinajstić information content (AvgIpc) is 2.95. The Hall–Kier alpha value is -0.485. The zero-order valence-corrected chi connectivity index (χ0v) is 15.9. The zero-order valence-electron chi connectivity index (χ0n) is 15.0. The van der Waals surface area contributed by atoms with Crippen molar-refractivity contribution in [2.75, 3.05) is 0 Å². The summed E-state index contributed by atoms with van der Waals surface area (Å²) in [5.41, 5.74) is 0.753. The number of fused-ring (bicyclic) bond motifs is 2. The molecule has 3 saturated heterocycles. The molecule has 3 nitrogen and oxygen atoms in total. The van der Waals surface area contributed by atoms with Crippen molar-refractivity contribution in [1.29, 1.82) is 0 Å². The Bertz CT molecular complexity index is 600. The second kappa shape index (κ2) is 5.50. The fourth-order valence-corrected chi connectivity index (χ4v) is 5.91. The highest BCUT2D eigenvalue weighted by Gasteiger charge is 2.52. The monoisotopic (exact) mass is 346 g/mol. The van der Waals surface area contributed by atoms with Crippen molar-refractivity contribution in [3.63, 3.8) is 0 Å². The standard InChI is InChI=1S/C19H27BO3S/c1-17(2)18(3,4)23-20(22-17)14-7-5-13(6-8-14)19(21)11-15-9-10-16(12-19)24-15/h5-8,15-16,21H,9-12H2,1-4H3. The predicted molar refractivity (Wildman–Crippen MR) is 99.7 cm³/mol.